The van der Waals surface area contributed by atoms with Crippen molar-refractivity contribution >= 4 is 11.9 Å². The number of aryl methyl sites for hydroxylation is 1. The molecule has 140 valence electrons. The molecule has 0 bridgehead atoms. The number of carboxylic acids is 2. The molecule has 0 amide bonds. The first kappa shape index (κ1) is 19.9. The summed E-state index contributed by atoms with van der Waals surface area (Å²) in [6.07, 6.45) is 3.97. The van der Waals surface area contributed by atoms with Crippen molar-refractivity contribution in [2.24, 2.45) is 16.7 Å². The summed E-state index contributed by atoms with van der Waals surface area (Å²) in [5.41, 5.74) is -0.0681. The fourth-order valence-electron chi connectivity index (χ4n) is 3.34. The maximum atomic E-state index is 13.1. The average Bonchev–Trinajstić information content (AvgIpc) is 2.53. The molecule has 5 heteroatoms. The summed E-state index contributed by atoms with van der Waals surface area (Å²) in [5, 5.41) is 19.6. The molecule has 4 nitrogen and oxygen atoms in total. The predicted octanol–water partition coefficient (Wildman–Crippen LogP) is 4.46. The van der Waals surface area contributed by atoms with Crippen LogP contribution in [0.1, 0.15) is 39.7 Å². The molecule has 0 saturated carbocycles. The zero-order valence-electron chi connectivity index (χ0n) is 15.5. The number of hydrogen-bond acceptors (Lipinski definition) is 2. The third-order valence-electron chi connectivity index (χ3n) is 5.22. The van der Waals surface area contributed by atoms with Gasteiger partial charge in [-0.1, -0.05) is 45.9 Å². The summed E-state index contributed by atoms with van der Waals surface area (Å²) in [6.45, 7) is 7.43. The van der Waals surface area contributed by atoms with Crippen molar-refractivity contribution in [2.75, 3.05) is 0 Å². The van der Waals surface area contributed by atoms with Crippen LogP contribution in [0.25, 0.3) is 0 Å². The van der Waals surface area contributed by atoms with Crippen LogP contribution in [0.4, 0.5) is 4.39 Å². The highest BCUT2D eigenvalue weighted by Gasteiger charge is 2.47. The van der Waals surface area contributed by atoms with Gasteiger partial charge in [-0.3, -0.25) is 4.79 Å². The van der Waals surface area contributed by atoms with E-state index in [0.29, 0.717) is 12.0 Å². The lowest BCUT2D eigenvalue weighted by Gasteiger charge is -2.39. The lowest BCUT2D eigenvalue weighted by atomic mass is 9.63. The third-order valence-corrected chi connectivity index (χ3v) is 5.22. The van der Waals surface area contributed by atoms with Crippen molar-refractivity contribution in [1.29, 1.82) is 0 Å². The summed E-state index contributed by atoms with van der Waals surface area (Å²) in [5.74, 6) is -3.16. The Morgan fingerprint density at radius 2 is 1.73 bits per heavy atom. The molecule has 2 atom stereocenters. The van der Waals surface area contributed by atoms with Gasteiger partial charge in [-0.2, -0.15) is 0 Å². The summed E-state index contributed by atoms with van der Waals surface area (Å²) >= 11 is 0. The summed E-state index contributed by atoms with van der Waals surface area (Å²) in [6, 6.07) is 5.93. The van der Waals surface area contributed by atoms with Crippen LogP contribution in [0.5, 0.6) is 0 Å². The van der Waals surface area contributed by atoms with E-state index in [4.69, 9.17) is 0 Å². The topological polar surface area (TPSA) is 74.6 Å². The van der Waals surface area contributed by atoms with E-state index in [1.165, 1.54) is 12.1 Å². The largest absolute Gasteiger partial charge is 0.481 e. The minimum absolute atomic E-state index is 0.110. The van der Waals surface area contributed by atoms with E-state index in [2.05, 4.69) is 0 Å². The molecule has 1 aromatic rings. The number of halogens is 1. The fourth-order valence-corrected chi connectivity index (χ4v) is 3.34. The Balaban J connectivity index is 2.47. The van der Waals surface area contributed by atoms with Crippen molar-refractivity contribution in [3.63, 3.8) is 0 Å². The lowest BCUT2D eigenvalue weighted by molar-refractivity contribution is -0.149. The second-order valence-electron chi connectivity index (χ2n) is 7.95. The van der Waals surface area contributed by atoms with Crippen molar-refractivity contribution in [3.8, 4) is 0 Å². The first-order chi connectivity index (χ1) is 12.0. The van der Waals surface area contributed by atoms with Gasteiger partial charge in [0, 0.05) is 11.5 Å². The van der Waals surface area contributed by atoms with Crippen LogP contribution in [-0.4, -0.2) is 22.2 Å². The summed E-state index contributed by atoms with van der Waals surface area (Å²) in [7, 11) is 0. The first-order valence-corrected chi connectivity index (χ1v) is 8.63. The van der Waals surface area contributed by atoms with Gasteiger partial charge in [0.15, 0.2) is 0 Å². The molecule has 0 heterocycles. The molecular formula is C21H25FO4. The highest BCUT2D eigenvalue weighted by Crippen LogP contribution is 2.47. The van der Waals surface area contributed by atoms with Gasteiger partial charge in [-0.05, 0) is 47.6 Å². The van der Waals surface area contributed by atoms with E-state index in [-0.39, 0.29) is 23.2 Å². The number of carboxylic acid groups (broad SMARTS) is 2. The van der Waals surface area contributed by atoms with Crippen LogP contribution in [0.2, 0.25) is 0 Å². The smallest absolute Gasteiger partial charge is 0.331 e. The molecular weight excluding hydrogens is 335 g/mol. The molecule has 26 heavy (non-hydrogen) atoms. The second-order valence-corrected chi connectivity index (χ2v) is 7.95. The first-order valence-electron chi connectivity index (χ1n) is 8.63. The van der Waals surface area contributed by atoms with Crippen LogP contribution >= 0.6 is 0 Å². The Morgan fingerprint density at radius 3 is 2.19 bits per heavy atom. The molecule has 0 aliphatic heterocycles. The van der Waals surface area contributed by atoms with Gasteiger partial charge >= 0.3 is 11.9 Å². The molecule has 1 aliphatic carbocycles. The molecule has 0 fully saturated rings. The second kappa shape index (κ2) is 7.06. The van der Waals surface area contributed by atoms with E-state index in [9.17, 15) is 24.2 Å². The van der Waals surface area contributed by atoms with Crippen LogP contribution in [0, 0.1) is 22.6 Å². The Hall–Kier alpha value is -2.43. The van der Waals surface area contributed by atoms with E-state index >= 15 is 0 Å². The monoisotopic (exact) mass is 360 g/mol. The van der Waals surface area contributed by atoms with E-state index in [1.54, 1.807) is 31.2 Å². The number of hydrogen-bond donors (Lipinski definition) is 2. The Morgan fingerprint density at radius 1 is 1.15 bits per heavy atom. The number of rotatable bonds is 5. The highest BCUT2D eigenvalue weighted by atomic mass is 19.1. The van der Waals surface area contributed by atoms with Gasteiger partial charge in [0.2, 0.25) is 0 Å². The molecule has 2 unspecified atom stereocenters. The number of benzene rings is 1. The summed E-state index contributed by atoms with van der Waals surface area (Å²) < 4.78 is 13.1. The number of carbonyl (C=O) groups is 2. The minimum atomic E-state index is -1.32. The predicted molar refractivity (Wildman–Crippen MR) is 97.2 cm³/mol. The number of allylic oxidation sites excluding steroid dienone is 2. The van der Waals surface area contributed by atoms with Gasteiger partial charge in [0.1, 0.15) is 5.82 Å². The lowest BCUT2D eigenvalue weighted by Crippen LogP contribution is -2.41. The van der Waals surface area contributed by atoms with Gasteiger partial charge in [0.25, 0.3) is 0 Å². The SMILES string of the molecule is CC1C(C(=O)O)=CC(C(C)(C)C)=CC1(CCc1ccc(F)cc1)C(=O)O. The van der Waals surface area contributed by atoms with Crippen molar-refractivity contribution < 1.29 is 24.2 Å². The van der Waals surface area contributed by atoms with E-state index in [0.717, 1.165) is 5.56 Å². The maximum Gasteiger partial charge on any atom is 0.331 e. The number of aliphatic carboxylic acids is 2. The Bertz CT molecular complexity index is 768. The molecule has 1 aliphatic rings. The quantitative estimate of drug-likeness (QED) is 0.813. The van der Waals surface area contributed by atoms with Crippen LogP contribution in [0.3, 0.4) is 0 Å². The molecule has 2 rings (SSSR count). The van der Waals surface area contributed by atoms with Gasteiger partial charge in [-0.15, -0.1) is 0 Å². The maximum absolute atomic E-state index is 13.1. The Kier molecular flexibility index (Phi) is 5.40. The Labute approximate surface area is 153 Å². The molecule has 2 N–H and O–H groups in total. The van der Waals surface area contributed by atoms with Crippen molar-refractivity contribution in [3.05, 3.63) is 58.9 Å². The van der Waals surface area contributed by atoms with Gasteiger partial charge in [0.05, 0.1) is 5.41 Å². The van der Waals surface area contributed by atoms with Gasteiger partial charge in [-0.25, -0.2) is 9.18 Å². The summed E-state index contributed by atoms with van der Waals surface area (Å²) in [4.78, 5) is 24.0. The normalized spacial score (nSPS) is 23.2. The van der Waals surface area contributed by atoms with Crippen LogP contribution in [0.15, 0.2) is 47.6 Å². The minimum Gasteiger partial charge on any atom is -0.481 e. The van der Waals surface area contributed by atoms with Crippen LogP contribution < -0.4 is 0 Å². The van der Waals surface area contributed by atoms with E-state index < -0.39 is 23.3 Å². The van der Waals surface area contributed by atoms with E-state index in [1.807, 2.05) is 20.8 Å². The molecule has 0 aromatic heterocycles. The van der Waals surface area contributed by atoms with Gasteiger partial charge < -0.3 is 10.2 Å². The molecule has 0 spiro atoms. The van der Waals surface area contributed by atoms with Crippen molar-refractivity contribution in [2.45, 2.75) is 40.5 Å². The third kappa shape index (κ3) is 3.87. The fraction of sp³-hybridized carbons (Fsp3) is 0.429. The standard InChI is InChI=1S/C21H25FO4/c1-13-17(18(23)24)11-15(20(2,3)4)12-21(13,19(25)26)10-9-14-5-7-16(22)8-6-14/h5-8,11-13H,9-10H2,1-4H3,(H,23,24)(H,25,26). The van der Waals surface area contributed by atoms with Crippen molar-refractivity contribution in [1.82, 2.24) is 0 Å². The highest BCUT2D eigenvalue weighted by molar-refractivity contribution is 5.91. The molecule has 1 aromatic carbocycles. The zero-order valence-corrected chi connectivity index (χ0v) is 15.5. The molecule has 0 radical (unpaired) electrons. The zero-order chi connectivity index (χ0) is 19.7. The average molecular weight is 360 g/mol. The van der Waals surface area contributed by atoms with Crippen LogP contribution in [-0.2, 0) is 16.0 Å². The molecule has 0 saturated heterocycles.